The van der Waals surface area contributed by atoms with Crippen LogP contribution in [0.4, 0.5) is 0 Å². The summed E-state index contributed by atoms with van der Waals surface area (Å²) in [6.07, 6.45) is 58.9. The minimum atomic E-state index is -0.787. The van der Waals surface area contributed by atoms with Gasteiger partial charge in [0, 0.05) is 19.3 Å². The van der Waals surface area contributed by atoms with Crippen LogP contribution in [-0.4, -0.2) is 37.2 Å². The van der Waals surface area contributed by atoms with E-state index >= 15 is 0 Å². The minimum Gasteiger partial charge on any atom is -0.462 e. The molecule has 1 unspecified atom stereocenters. The molecule has 0 saturated heterocycles. The fraction of sp³-hybridized carbons (Fsp3) is 0.717. The molecule has 1 atom stereocenters. The van der Waals surface area contributed by atoms with Gasteiger partial charge in [-0.15, -0.1) is 0 Å². The van der Waals surface area contributed by atoms with Crippen molar-refractivity contribution in [2.75, 3.05) is 13.2 Å². The zero-order valence-electron chi connectivity index (χ0n) is 38.5. The molecule has 0 radical (unpaired) electrons. The lowest BCUT2D eigenvalue weighted by Crippen LogP contribution is -2.30. The number of carbonyl (C=O) groups is 3. The van der Waals surface area contributed by atoms with Crippen molar-refractivity contribution in [3.63, 3.8) is 0 Å². The summed E-state index contributed by atoms with van der Waals surface area (Å²) >= 11 is 0. The monoisotopic (exact) mass is 823 g/mol. The Morgan fingerprint density at radius 1 is 0.356 bits per heavy atom. The third kappa shape index (κ3) is 45.8. The first-order chi connectivity index (χ1) is 29.0. The first kappa shape index (κ1) is 55.9. The molecule has 0 aliphatic rings. The van der Waals surface area contributed by atoms with Gasteiger partial charge in [-0.3, -0.25) is 14.4 Å². The van der Waals surface area contributed by atoms with E-state index < -0.39 is 6.10 Å². The number of allylic oxidation sites excluding steroid dienone is 12. The minimum absolute atomic E-state index is 0.0873. The Kier molecular flexibility index (Phi) is 45.0. The largest absolute Gasteiger partial charge is 0.462 e. The molecule has 0 heterocycles. The lowest BCUT2D eigenvalue weighted by atomic mass is 10.0. The molecule has 0 aromatic heterocycles. The average molecular weight is 823 g/mol. The highest BCUT2D eigenvalue weighted by Gasteiger charge is 2.19. The fourth-order valence-electron chi connectivity index (χ4n) is 6.56. The summed E-state index contributed by atoms with van der Waals surface area (Å²) in [5, 5.41) is 0. The van der Waals surface area contributed by atoms with E-state index in [9.17, 15) is 14.4 Å². The number of esters is 3. The number of unbranched alkanes of at least 4 members (excludes halogenated alkanes) is 20. The molecule has 0 aromatic carbocycles. The van der Waals surface area contributed by atoms with Gasteiger partial charge >= 0.3 is 17.9 Å². The topological polar surface area (TPSA) is 78.9 Å². The van der Waals surface area contributed by atoms with E-state index in [1.54, 1.807) is 0 Å². The second kappa shape index (κ2) is 47.5. The molecule has 0 N–H and O–H groups in total. The number of carbonyl (C=O) groups excluding carboxylic acids is 3. The normalized spacial score (nSPS) is 12.7. The van der Waals surface area contributed by atoms with Crippen LogP contribution < -0.4 is 0 Å². The Bertz CT molecular complexity index is 1130. The van der Waals surface area contributed by atoms with Crippen LogP contribution in [-0.2, 0) is 28.6 Å². The summed E-state index contributed by atoms with van der Waals surface area (Å²) in [6.45, 7) is 6.44. The molecule has 0 aromatic rings. The Morgan fingerprint density at radius 3 is 1.03 bits per heavy atom. The van der Waals surface area contributed by atoms with Gasteiger partial charge in [0.05, 0.1) is 0 Å². The van der Waals surface area contributed by atoms with E-state index in [-0.39, 0.29) is 31.1 Å². The van der Waals surface area contributed by atoms with E-state index in [4.69, 9.17) is 14.2 Å². The molecule has 0 aliphatic heterocycles. The van der Waals surface area contributed by atoms with Gasteiger partial charge in [0.2, 0.25) is 0 Å². The second-order valence-corrected chi connectivity index (χ2v) is 16.0. The van der Waals surface area contributed by atoms with Gasteiger partial charge in [0.25, 0.3) is 0 Å². The molecular weight excluding hydrogens is 733 g/mol. The van der Waals surface area contributed by atoms with Crippen LogP contribution >= 0.6 is 0 Å². The first-order valence-corrected chi connectivity index (χ1v) is 24.4. The van der Waals surface area contributed by atoms with Crippen molar-refractivity contribution in [3.8, 4) is 0 Å². The molecule has 6 nitrogen and oxygen atoms in total. The summed E-state index contributed by atoms with van der Waals surface area (Å²) in [4.78, 5) is 37.7. The van der Waals surface area contributed by atoms with Crippen LogP contribution in [0.25, 0.3) is 0 Å². The predicted molar refractivity (Wildman–Crippen MR) is 251 cm³/mol. The molecule has 0 spiro atoms. The van der Waals surface area contributed by atoms with Crippen LogP contribution in [0.3, 0.4) is 0 Å². The van der Waals surface area contributed by atoms with Crippen LogP contribution in [0.1, 0.15) is 226 Å². The van der Waals surface area contributed by atoms with Gasteiger partial charge in [-0.05, 0) is 70.6 Å². The summed E-state index contributed by atoms with van der Waals surface area (Å²) in [7, 11) is 0. The number of hydrogen-bond donors (Lipinski definition) is 0. The van der Waals surface area contributed by atoms with E-state index in [0.717, 1.165) is 96.3 Å². The Labute approximate surface area is 363 Å². The molecule has 338 valence electrons. The molecule has 0 fully saturated rings. The predicted octanol–water partition coefficient (Wildman–Crippen LogP) is 15.9. The van der Waals surface area contributed by atoms with Crippen molar-refractivity contribution in [2.24, 2.45) is 0 Å². The van der Waals surface area contributed by atoms with Crippen molar-refractivity contribution in [1.82, 2.24) is 0 Å². The molecule has 0 aliphatic carbocycles. The van der Waals surface area contributed by atoms with Crippen LogP contribution in [0.2, 0.25) is 0 Å². The fourth-order valence-corrected chi connectivity index (χ4v) is 6.56. The third-order valence-corrected chi connectivity index (χ3v) is 10.2. The number of hydrogen-bond acceptors (Lipinski definition) is 6. The van der Waals surface area contributed by atoms with Gasteiger partial charge in [-0.25, -0.2) is 0 Å². The van der Waals surface area contributed by atoms with E-state index in [1.165, 1.54) is 89.9 Å². The van der Waals surface area contributed by atoms with E-state index in [2.05, 4.69) is 93.7 Å². The molecule has 0 bridgehead atoms. The zero-order valence-corrected chi connectivity index (χ0v) is 38.5. The standard InChI is InChI=1S/C53H90O6/c1-4-7-10-13-16-19-21-23-24-25-26-27-28-29-30-31-33-34-37-40-43-46-52(55)58-49-50(48-57-51(54)45-42-39-36-18-15-12-9-6-3)59-53(56)47-44-41-38-35-32-22-20-17-14-11-8-5-2/h7,10,16,19,23-24,26-27,29-30,33-34,50H,4-6,8-9,11-15,17-18,20-22,25,28,31-32,35-49H2,1-3H3/b10-7-,19-16-,24-23-,27-26-,30-29-,34-33-. The van der Waals surface area contributed by atoms with Crippen molar-refractivity contribution >= 4 is 17.9 Å². The van der Waals surface area contributed by atoms with Crippen LogP contribution in [0.5, 0.6) is 0 Å². The quantitative estimate of drug-likeness (QED) is 0.0264. The SMILES string of the molecule is CC/C=C\C/C=C\C/C=C\C/C=C\C/C=C\C/C=C\CCCCC(=O)OCC(COC(=O)CCCCCCCCCC)OC(=O)CCCCCCCCCCCCCC. The third-order valence-electron chi connectivity index (χ3n) is 10.2. The summed E-state index contributed by atoms with van der Waals surface area (Å²) in [5.74, 6) is -0.938. The van der Waals surface area contributed by atoms with Crippen molar-refractivity contribution in [2.45, 2.75) is 232 Å². The van der Waals surface area contributed by atoms with Crippen LogP contribution in [0.15, 0.2) is 72.9 Å². The van der Waals surface area contributed by atoms with Crippen molar-refractivity contribution in [3.05, 3.63) is 72.9 Å². The lowest BCUT2D eigenvalue weighted by Gasteiger charge is -2.18. The molecule has 0 rings (SSSR count). The molecular formula is C53H90O6. The maximum absolute atomic E-state index is 12.7. The Morgan fingerprint density at radius 2 is 0.661 bits per heavy atom. The summed E-state index contributed by atoms with van der Waals surface area (Å²) in [6, 6.07) is 0. The van der Waals surface area contributed by atoms with Gasteiger partial charge in [-0.2, -0.15) is 0 Å². The molecule has 59 heavy (non-hydrogen) atoms. The second-order valence-electron chi connectivity index (χ2n) is 16.0. The number of ether oxygens (including phenoxy) is 3. The molecule has 6 heteroatoms. The zero-order chi connectivity index (χ0) is 43.0. The van der Waals surface area contributed by atoms with E-state index in [0.29, 0.717) is 19.3 Å². The smallest absolute Gasteiger partial charge is 0.306 e. The van der Waals surface area contributed by atoms with Crippen molar-refractivity contribution in [1.29, 1.82) is 0 Å². The lowest BCUT2D eigenvalue weighted by molar-refractivity contribution is -0.167. The van der Waals surface area contributed by atoms with Gasteiger partial charge in [0.15, 0.2) is 6.10 Å². The van der Waals surface area contributed by atoms with Gasteiger partial charge < -0.3 is 14.2 Å². The first-order valence-electron chi connectivity index (χ1n) is 24.4. The highest BCUT2D eigenvalue weighted by atomic mass is 16.6. The van der Waals surface area contributed by atoms with Crippen LogP contribution in [0, 0.1) is 0 Å². The Hall–Kier alpha value is -3.15. The highest BCUT2D eigenvalue weighted by Crippen LogP contribution is 2.14. The summed E-state index contributed by atoms with van der Waals surface area (Å²) in [5.41, 5.74) is 0. The molecule has 0 amide bonds. The molecule has 0 saturated carbocycles. The Balaban J connectivity index is 4.37. The number of rotatable bonds is 43. The van der Waals surface area contributed by atoms with Gasteiger partial charge in [-0.1, -0.05) is 209 Å². The summed E-state index contributed by atoms with van der Waals surface area (Å²) < 4.78 is 16.7. The van der Waals surface area contributed by atoms with Gasteiger partial charge in [0.1, 0.15) is 13.2 Å². The maximum atomic E-state index is 12.7. The maximum Gasteiger partial charge on any atom is 0.306 e. The highest BCUT2D eigenvalue weighted by molar-refractivity contribution is 5.71. The van der Waals surface area contributed by atoms with Crippen molar-refractivity contribution < 1.29 is 28.6 Å². The average Bonchev–Trinajstić information content (AvgIpc) is 3.23. The van der Waals surface area contributed by atoms with E-state index in [1.807, 2.05) is 0 Å².